The predicted molar refractivity (Wildman–Crippen MR) is 63.2 cm³/mol. The summed E-state index contributed by atoms with van der Waals surface area (Å²) in [5, 5.41) is 10.4. The molecule has 0 fully saturated rings. The molecule has 2 aromatic heterocycles. The fourth-order valence-corrected chi connectivity index (χ4v) is 1.88. The molecule has 3 nitrogen and oxygen atoms in total. The highest BCUT2D eigenvalue weighted by Crippen LogP contribution is 2.29. The van der Waals surface area contributed by atoms with Gasteiger partial charge in [0.15, 0.2) is 5.88 Å². The predicted octanol–water partition coefficient (Wildman–Crippen LogP) is 2.94. The maximum Gasteiger partial charge on any atom is 0.190 e. The first-order chi connectivity index (χ1) is 7.84. The second-order valence-corrected chi connectivity index (χ2v) is 3.64. The molecule has 0 aliphatic carbocycles. The third-order valence-corrected chi connectivity index (χ3v) is 2.60. The molecule has 1 aromatic carbocycles. The molecule has 2 heterocycles. The highest BCUT2D eigenvalue weighted by Gasteiger charge is 2.06. The van der Waals surface area contributed by atoms with Crippen molar-refractivity contribution in [1.29, 1.82) is 0 Å². The van der Waals surface area contributed by atoms with Crippen LogP contribution in [0.4, 0.5) is 0 Å². The van der Waals surface area contributed by atoms with E-state index in [1.54, 1.807) is 12.3 Å². The van der Waals surface area contributed by atoms with Crippen LogP contribution in [0.5, 0.6) is 5.88 Å². The lowest BCUT2D eigenvalue weighted by Crippen LogP contribution is -1.81. The summed E-state index contributed by atoms with van der Waals surface area (Å²) >= 11 is 0. The van der Waals surface area contributed by atoms with Gasteiger partial charge in [-0.25, -0.2) is 4.98 Å². The molecule has 2 N–H and O–H groups in total. The second kappa shape index (κ2) is 3.38. The number of aromatic hydroxyl groups is 1. The number of nitrogens with zero attached hydrogens (tertiary/aromatic N) is 1. The molecule has 0 saturated heterocycles. The van der Waals surface area contributed by atoms with Crippen molar-refractivity contribution in [1.82, 2.24) is 9.97 Å². The third kappa shape index (κ3) is 1.34. The highest BCUT2D eigenvalue weighted by atomic mass is 16.3. The number of aromatic amines is 1. The number of aromatic nitrogens is 2. The molecule has 3 rings (SSSR count). The Hall–Kier alpha value is -2.29. The van der Waals surface area contributed by atoms with Crippen LogP contribution >= 0.6 is 0 Å². The Morgan fingerprint density at radius 2 is 1.88 bits per heavy atom. The zero-order valence-electron chi connectivity index (χ0n) is 8.51. The van der Waals surface area contributed by atoms with E-state index in [1.165, 1.54) is 0 Å². The van der Waals surface area contributed by atoms with E-state index in [9.17, 15) is 5.11 Å². The van der Waals surface area contributed by atoms with Crippen molar-refractivity contribution in [3.63, 3.8) is 0 Å². The molecule has 3 aromatic rings. The molecule has 0 saturated carbocycles. The van der Waals surface area contributed by atoms with Crippen LogP contribution in [-0.4, -0.2) is 15.1 Å². The molecule has 0 radical (unpaired) electrons. The van der Waals surface area contributed by atoms with E-state index in [-0.39, 0.29) is 5.88 Å². The van der Waals surface area contributed by atoms with E-state index < -0.39 is 0 Å². The molecule has 16 heavy (non-hydrogen) atoms. The summed E-state index contributed by atoms with van der Waals surface area (Å²) in [6, 6.07) is 13.7. The van der Waals surface area contributed by atoms with Crippen LogP contribution in [0.15, 0.2) is 48.7 Å². The Morgan fingerprint density at radius 1 is 1.06 bits per heavy atom. The van der Waals surface area contributed by atoms with Crippen LogP contribution < -0.4 is 0 Å². The number of hydrogen-bond donors (Lipinski definition) is 2. The average molecular weight is 210 g/mol. The molecule has 0 aliphatic heterocycles. The lowest BCUT2D eigenvalue weighted by molar-refractivity contribution is 0.458. The summed E-state index contributed by atoms with van der Waals surface area (Å²) in [4.78, 5) is 6.99. The standard InChI is InChI=1S/C13H10N2O/c16-12-8-11-10(6-7-14-13(11)15-12)9-4-2-1-3-5-9/h1-8,16H,(H,14,15). The Balaban J connectivity index is 2.31. The topological polar surface area (TPSA) is 48.9 Å². The van der Waals surface area contributed by atoms with Crippen LogP contribution in [0.25, 0.3) is 22.2 Å². The number of hydrogen-bond acceptors (Lipinski definition) is 2. The number of benzene rings is 1. The number of rotatable bonds is 1. The van der Waals surface area contributed by atoms with Gasteiger partial charge in [0, 0.05) is 17.6 Å². The summed E-state index contributed by atoms with van der Waals surface area (Å²) in [6.07, 6.45) is 1.74. The van der Waals surface area contributed by atoms with Gasteiger partial charge < -0.3 is 10.1 Å². The third-order valence-electron chi connectivity index (χ3n) is 2.60. The van der Waals surface area contributed by atoms with E-state index in [4.69, 9.17) is 0 Å². The Morgan fingerprint density at radius 3 is 2.69 bits per heavy atom. The SMILES string of the molecule is Oc1cc2c(-c3ccccc3)ccnc2[nH]1. The summed E-state index contributed by atoms with van der Waals surface area (Å²) < 4.78 is 0. The second-order valence-electron chi connectivity index (χ2n) is 3.64. The van der Waals surface area contributed by atoms with E-state index >= 15 is 0 Å². The molecular weight excluding hydrogens is 200 g/mol. The smallest absolute Gasteiger partial charge is 0.190 e. The fourth-order valence-electron chi connectivity index (χ4n) is 1.88. The van der Waals surface area contributed by atoms with Crippen LogP contribution in [0.1, 0.15) is 0 Å². The Labute approximate surface area is 92.4 Å². The molecule has 78 valence electrons. The van der Waals surface area contributed by atoms with Gasteiger partial charge in [0.25, 0.3) is 0 Å². The van der Waals surface area contributed by atoms with E-state index in [1.807, 2.05) is 36.4 Å². The first-order valence-electron chi connectivity index (χ1n) is 5.07. The summed E-state index contributed by atoms with van der Waals surface area (Å²) in [7, 11) is 0. The summed E-state index contributed by atoms with van der Waals surface area (Å²) in [6.45, 7) is 0. The first-order valence-corrected chi connectivity index (χ1v) is 5.07. The molecular formula is C13H10N2O. The fraction of sp³-hybridized carbons (Fsp3) is 0. The summed E-state index contributed by atoms with van der Waals surface area (Å²) in [5.41, 5.74) is 2.90. The van der Waals surface area contributed by atoms with Gasteiger partial charge in [-0.15, -0.1) is 0 Å². The molecule has 0 bridgehead atoms. The maximum absolute atomic E-state index is 9.43. The minimum Gasteiger partial charge on any atom is -0.495 e. The van der Waals surface area contributed by atoms with Crippen molar-refractivity contribution >= 4 is 11.0 Å². The van der Waals surface area contributed by atoms with Crippen LogP contribution in [-0.2, 0) is 0 Å². The van der Waals surface area contributed by atoms with Gasteiger partial charge in [-0.3, -0.25) is 0 Å². The van der Waals surface area contributed by atoms with Gasteiger partial charge >= 0.3 is 0 Å². The zero-order chi connectivity index (χ0) is 11.0. The number of fused-ring (bicyclic) bond motifs is 1. The van der Waals surface area contributed by atoms with Gasteiger partial charge in [-0.05, 0) is 17.2 Å². The van der Waals surface area contributed by atoms with Gasteiger partial charge in [0.1, 0.15) is 5.65 Å². The van der Waals surface area contributed by atoms with E-state index in [0.29, 0.717) is 5.65 Å². The van der Waals surface area contributed by atoms with Crippen molar-refractivity contribution in [3.8, 4) is 17.0 Å². The van der Waals surface area contributed by atoms with Crippen molar-refractivity contribution < 1.29 is 5.11 Å². The van der Waals surface area contributed by atoms with Crippen LogP contribution in [0.2, 0.25) is 0 Å². The van der Waals surface area contributed by atoms with Gasteiger partial charge in [0.05, 0.1) is 0 Å². The number of pyridine rings is 1. The Kier molecular flexibility index (Phi) is 1.90. The van der Waals surface area contributed by atoms with Gasteiger partial charge in [0.2, 0.25) is 0 Å². The lowest BCUT2D eigenvalue weighted by Gasteiger charge is -2.01. The van der Waals surface area contributed by atoms with E-state index in [0.717, 1.165) is 16.5 Å². The first kappa shape index (κ1) is 8.97. The molecule has 0 atom stereocenters. The maximum atomic E-state index is 9.43. The van der Waals surface area contributed by atoms with Crippen LogP contribution in [0, 0.1) is 0 Å². The van der Waals surface area contributed by atoms with Crippen molar-refractivity contribution in [2.75, 3.05) is 0 Å². The number of nitrogens with one attached hydrogen (secondary N) is 1. The molecule has 0 aliphatic rings. The normalized spacial score (nSPS) is 10.8. The van der Waals surface area contributed by atoms with Crippen molar-refractivity contribution in [3.05, 3.63) is 48.7 Å². The molecule has 0 unspecified atom stereocenters. The zero-order valence-corrected chi connectivity index (χ0v) is 8.51. The lowest BCUT2D eigenvalue weighted by atomic mass is 10.0. The highest BCUT2D eigenvalue weighted by molar-refractivity contribution is 5.93. The van der Waals surface area contributed by atoms with E-state index in [2.05, 4.69) is 9.97 Å². The Bertz CT molecular complexity index is 629. The molecule has 3 heteroatoms. The minimum absolute atomic E-state index is 0.144. The summed E-state index contributed by atoms with van der Waals surface area (Å²) in [5.74, 6) is 0.144. The van der Waals surface area contributed by atoms with Crippen molar-refractivity contribution in [2.45, 2.75) is 0 Å². The largest absolute Gasteiger partial charge is 0.495 e. The molecule has 0 spiro atoms. The molecule has 0 amide bonds. The quantitative estimate of drug-likeness (QED) is 0.648. The van der Waals surface area contributed by atoms with Crippen LogP contribution in [0.3, 0.4) is 0 Å². The monoisotopic (exact) mass is 210 g/mol. The average Bonchev–Trinajstić information content (AvgIpc) is 2.70. The van der Waals surface area contributed by atoms with Crippen molar-refractivity contribution in [2.24, 2.45) is 0 Å². The van der Waals surface area contributed by atoms with Gasteiger partial charge in [-0.1, -0.05) is 30.3 Å². The van der Waals surface area contributed by atoms with Gasteiger partial charge in [-0.2, -0.15) is 0 Å². The number of H-pyrrole nitrogens is 1. The minimum atomic E-state index is 0.144.